The average molecular weight is 429 g/mol. The molecule has 0 aliphatic carbocycles. The Kier molecular flexibility index (Phi) is 5.24. The van der Waals surface area contributed by atoms with Crippen LogP contribution in [0.4, 0.5) is 13.2 Å². The number of carbonyl (C=O) groups is 1. The van der Waals surface area contributed by atoms with Crippen molar-refractivity contribution < 1.29 is 27.2 Å². The number of ether oxygens (including phenoxy) is 1. The van der Waals surface area contributed by atoms with Crippen LogP contribution in [0.2, 0.25) is 0 Å². The zero-order valence-corrected chi connectivity index (χ0v) is 16.0. The van der Waals surface area contributed by atoms with Crippen molar-refractivity contribution in [2.24, 2.45) is 0 Å². The van der Waals surface area contributed by atoms with Crippen LogP contribution in [-0.2, 0) is 17.5 Å². The van der Waals surface area contributed by atoms with Crippen molar-refractivity contribution in [1.29, 1.82) is 0 Å². The Labute approximate surface area is 173 Å². The van der Waals surface area contributed by atoms with Crippen molar-refractivity contribution in [2.75, 3.05) is 0 Å². The van der Waals surface area contributed by atoms with E-state index in [9.17, 15) is 18.0 Å². The van der Waals surface area contributed by atoms with Crippen molar-refractivity contribution >= 4 is 5.97 Å². The minimum Gasteiger partial charge on any atom is -0.452 e. The first kappa shape index (κ1) is 20.3. The van der Waals surface area contributed by atoms with E-state index in [1.54, 1.807) is 22.9 Å². The zero-order valence-electron chi connectivity index (χ0n) is 16.0. The van der Waals surface area contributed by atoms with Gasteiger partial charge in [0.1, 0.15) is 12.7 Å². The molecule has 2 heterocycles. The normalized spacial score (nSPS) is 11.5. The van der Waals surface area contributed by atoms with Gasteiger partial charge in [0.15, 0.2) is 6.61 Å². The fraction of sp³-hybridized carbons (Fsp3) is 0.150. The standard InChI is InChI=1S/C20H14F3N5O3/c1-12-7-14(5-6-16(12)28-11-24-10-25-28)19(29)30-9-17-26-18(27-31-17)13-3-2-4-15(8-13)20(21,22)23/h2-8,10-11H,9H2,1H3. The summed E-state index contributed by atoms with van der Waals surface area (Å²) >= 11 is 0. The van der Waals surface area contributed by atoms with Gasteiger partial charge in [-0.3, -0.25) is 0 Å². The van der Waals surface area contributed by atoms with Crippen LogP contribution in [0.25, 0.3) is 17.1 Å². The van der Waals surface area contributed by atoms with Gasteiger partial charge >= 0.3 is 12.1 Å². The molecule has 0 aliphatic heterocycles. The van der Waals surface area contributed by atoms with Crippen molar-refractivity contribution in [3.05, 3.63) is 77.7 Å². The van der Waals surface area contributed by atoms with Gasteiger partial charge in [-0.15, -0.1) is 0 Å². The fourth-order valence-corrected chi connectivity index (χ4v) is 2.85. The molecule has 4 aromatic rings. The van der Waals surface area contributed by atoms with E-state index in [0.29, 0.717) is 5.56 Å². The van der Waals surface area contributed by atoms with E-state index in [-0.39, 0.29) is 23.9 Å². The van der Waals surface area contributed by atoms with Gasteiger partial charge in [0.25, 0.3) is 5.89 Å². The van der Waals surface area contributed by atoms with Crippen LogP contribution in [0.15, 0.2) is 59.6 Å². The first-order valence-electron chi connectivity index (χ1n) is 8.94. The maximum atomic E-state index is 12.9. The third-order valence-corrected chi connectivity index (χ3v) is 4.34. The SMILES string of the molecule is Cc1cc(C(=O)OCc2nc(-c3cccc(C(F)(F)F)c3)no2)ccc1-n1cncn1. The molecule has 0 amide bonds. The minimum atomic E-state index is -4.49. The van der Waals surface area contributed by atoms with Crippen LogP contribution in [0.5, 0.6) is 0 Å². The van der Waals surface area contributed by atoms with Gasteiger partial charge in [0, 0.05) is 5.56 Å². The predicted molar refractivity (Wildman–Crippen MR) is 100.0 cm³/mol. The van der Waals surface area contributed by atoms with E-state index in [1.165, 1.54) is 24.8 Å². The van der Waals surface area contributed by atoms with E-state index in [2.05, 4.69) is 20.2 Å². The minimum absolute atomic E-state index is 0.0369. The molecule has 158 valence electrons. The third-order valence-electron chi connectivity index (χ3n) is 4.34. The highest BCUT2D eigenvalue weighted by molar-refractivity contribution is 5.90. The van der Waals surface area contributed by atoms with E-state index in [4.69, 9.17) is 9.26 Å². The van der Waals surface area contributed by atoms with E-state index >= 15 is 0 Å². The summed E-state index contributed by atoms with van der Waals surface area (Å²) in [5.74, 6) is -0.700. The van der Waals surface area contributed by atoms with Gasteiger partial charge < -0.3 is 9.26 Å². The Balaban J connectivity index is 1.43. The second-order valence-electron chi connectivity index (χ2n) is 6.51. The molecule has 8 nitrogen and oxygen atoms in total. The Morgan fingerprint density at radius 2 is 2.03 bits per heavy atom. The summed E-state index contributed by atoms with van der Waals surface area (Å²) in [6.07, 6.45) is -1.54. The molecule has 0 atom stereocenters. The van der Waals surface area contributed by atoms with Crippen LogP contribution in [0.1, 0.15) is 27.4 Å². The molecule has 0 aliphatic rings. The van der Waals surface area contributed by atoms with Crippen molar-refractivity contribution in [1.82, 2.24) is 24.9 Å². The smallest absolute Gasteiger partial charge is 0.416 e. The molecule has 0 saturated carbocycles. The molecule has 0 bridgehead atoms. The summed E-state index contributed by atoms with van der Waals surface area (Å²) in [5.41, 5.74) is 1.16. The highest BCUT2D eigenvalue weighted by Crippen LogP contribution is 2.31. The number of benzene rings is 2. The Morgan fingerprint density at radius 1 is 1.19 bits per heavy atom. The van der Waals surface area contributed by atoms with Gasteiger partial charge in [-0.1, -0.05) is 17.3 Å². The number of aromatic nitrogens is 5. The van der Waals surface area contributed by atoms with Crippen molar-refractivity contribution in [2.45, 2.75) is 19.7 Å². The van der Waals surface area contributed by atoms with Gasteiger partial charge in [0.05, 0.1) is 16.8 Å². The first-order valence-corrected chi connectivity index (χ1v) is 8.94. The molecular weight excluding hydrogens is 415 g/mol. The van der Waals surface area contributed by atoms with Gasteiger partial charge in [0.2, 0.25) is 5.82 Å². The van der Waals surface area contributed by atoms with Gasteiger partial charge in [-0.25, -0.2) is 14.5 Å². The third kappa shape index (κ3) is 4.44. The van der Waals surface area contributed by atoms with Crippen LogP contribution >= 0.6 is 0 Å². The van der Waals surface area contributed by atoms with Crippen LogP contribution in [-0.4, -0.2) is 30.9 Å². The number of nitrogens with zero attached hydrogens (tertiary/aromatic N) is 5. The molecular formula is C20H14F3N5O3. The molecule has 0 radical (unpaired) electrons. The Bertz CT molecular complexity index is 1220. The van der Waals surface area contributed by atoms with E-state index < -0.39 is 17.7 Å². The number of rotatable bonds is 5. The molecule has 0 fully saturated rings. The number of hydrogen-bond acceptors (Lipinski definition) is 7. The zero-order chi connectivity index (χ0) is 22.0. The molecule has 0 N–H and O–H groups in total. The van der Waals surface area contributed by atoms with Crippen LogP contribution < -0.4 is 0 Å². The molecule has 0 spiro atoms. The monoisotopic (exact) mass is 429 g/mol. The lowest BCUT2D eigenvalue weighted by molar-refractivity contribution is -0.137. The van der Waals surface area contributed by atoms with Crippen molar-refractivity contribution in [3.63, 3.8) is 0 Å². The summed E-state index contributed by atoms with van der Waals surface area (Å²) < 4.78 is 50.3. The number of hydrogen-bond donors (Lipinski definition) is 0. The van der Waals surface area contributed by atoms with E-state index in [1.807, 2.05) is 6.92 Å². The second-order valence-corrected chi connectivity index (χ2v) is 6.51. The highest BCUT2D eigenvalue weighted by atomic mass is 19.4. The quantitative estimate of drug-likeness (QED) is 0.443. The molecule has 2 aromatic heterocycles. The lowest BCUT2D eigenvalue weighted by atomic mass is 10.1. The summed E-state index contributed by atoms with van der Waals surface area (Å²) in [6, 6.07) is 9.46. The maximum absolute atomic E-state index is 12.9. The van der Waals surface area contributed by atoms with Crippen molar-refractivity contribution in [3.8, 4) is 17.1 Å². The number of esters is 1. The first-order chi connectivity index (χ1) is 14.8. The highest BCUT2D eigenvalue weighted by Gasteiger charge is 2.30. The number of carbonyl (C=O) groups excluding carboxylic acids is 1. The molecule has 0 saturated heterocycles. The van der Waals surface area contributed by atoms with E-state index in [0.717, 1.165) is 23.4 Å². The number of aryl methyl sites for hydroxylation is 1. The van der Waals surface area contributed by atoms with Crippen LogP contribution in [0.3, 0.4) is 0 Å². The summed E-state index contributed by atoms with van der Waals surface area (Å²) in [7, 11) is 0. The maximum Gasteiger partial charge on any atom is 0.416 e. The largest absolute Gasteiger partial charge is 0.452 e. The molecule has 31 heavy (non-hydrogen) atoms. The predicted octanol–water partition coefficient (Wildman–Crippen LogP) is 4.00. The fourth-order valence-electron chi connectivity index (χ4n) is 2.85. The molecule has 4 rings (SSSR count). The lowest BCUT2D eigenvalue weighted by Crippen LogP contribution is -2.07. The molecule has 11 heteroatoms. The van der Waals surface area contributed by atoms with Crippen LogP contribution in [0, 0.1) is 6.92 Å². The second kappa shape index (κ2) is 8.01. The number of alkyl halides is 3. The summed E-state index contributed by atoms with van der Waals surface area (Å²) in [4.78, 5) is 20.2. The van der Waals surface area contributed by atoms with Gasteiger partial charge in [-0.05, 0) is 42.8 Å². The molecule has 2 aromatic carbocycles. The summed E-state index contributed by atoms with van der Waals surface area (Å²) in [6.45, 7) is 1.49. The Hall–Kier alpha value is -4.02. The lowest BCUT2D eigenvalue weighted by Gasteiger charge is -2.07. The van der Waals surface area contributed by atoms with Gasteiger partial charge in [-0.2, -0.15) is 23.3 Å². The average Bonchev–Trinajstić information content (AvgIpc) is 3.44. The topological polar surface area (TPSA) is 95.9 Å². The molecule has 0 unspecified atom stereocenters. The number of halogens is 3. The summed E-state index contributed by atoms with van der Waals surface area (Å²) in [5, 5.41) is 7.70. The Morgan fingerprint density at radius 3 is 2.74 bits per heavy atom.